The van der Waals surface area contributed by atoms with Crippen LogP contribution in [-0.2, 0) is 4.74 Å². The van der Waals surface area contributed by atoms with E-state index in [4.69, 9.17) is 10.5 Å². The number of anilines is 1. The first kappa shape index (κ1) is 19.0. The predicted molar refractivity (Wildman–Crippen MR) is 103 cm³/mol. The van der Waals surface area contributed by atoms with Crippen LogP contribution >= 0.6 is 0 Å². The van der Waals surface area contributed by atoms with Gasteiger partial charge >= 0.3 is 6.09 Å². The Morgan fingerprint density at radius 2 is 1.56 bits per heavy atom. The minimum atomic E-state index is -0.548. The van der Waals surface area contributed by atoms with Crippen molar-refractivity contribution in [3.8, 4) is 0 Å². The highest BCUT2D eigenvalue weighted by atomic mass is 16.6. The van der Waals surface area contributed by atoms with Gasteiger partial charge < -0.3 is 10.5 Å². The maximum absolute atomic E-state index is 12.1. The number of hydrogen-bond donors (Lipinski definition) is 2. The standard InChI is InChI=1S/C21H28N2O2/c1-14(2)15-10-12-16(13-11-15)19(22)17-8-6-7-9-18(17)23-20(24)25-21(3,4)5/h6-14,19H,22H2,1-5H3,(H,23,24). The van der Waals surface area contributed by atoms with Crippen molar-refractivity contribution in [2.24, 2.45) is 5.73 Å². The van der Waals surface area contributed by atoms with Crippen molar-refractivity contribution in [2.75, 3.05) is 5.32 Å². The zero-order chi connectivity index (χ0) is 18.6. The van der Waals surface area contributed by atoms with Gasteiger partial charge in [0.1, 0.15) is 5.60 Å². The maximum atomic E-state index is 12.1. The van der Waals surface area contributed by atoms with E-state index >= 15 is 0 Å². The van der Waals surface area contributed by atoms with Gasteiger partial charge in [-0.25, -0.2) is 4.79 Å². The number of nitrogens with two attached hydrogens (primary N) is 1. The summed E-state index contributed by atoms with van der Waals surface area (Å²) in [4.78, 5) is 12.1. The molecule has 0 aliphatic heterocycles. The molecule has 0 saturated carbocycles. The summed E-state index contributed by atoms with van der Waals surface area (Å²) in [5.74, 6) is 0.478. The Morgan fingerprint density at radius 3 is 2.12 bits per heavy atom. The summed E-state index contributed by atoms with van der Waals surface area (Å²) in [6.45, 7) is 9.82. The molecule has 2 aromatic carbocycles. The van der Waals surface area contributed by atoms with Gasteiger partial charge in [0.2, 0.25) is 0 Å². The third-order valence-corrected chi connectivity index (χ3v) is 3.89. The van der Waals surface area contributed by atoms with E-state index in [0.29, 0.717) is 11.6 Å². The normalized spacial score (nSPS) is 12.8. The van der Waals surface area contributed by atoms with Gasteiger partial charge in [0.15, 0.2) is 0 Å². The van der Waals surface area contributed by atoms with Crippen molar-refractivity contribution in [3.63, 3.8) is 0 Å². The Hall–Kier alpha value is -2.33. The Kier molecular flexibility index (Phi) is 5.85. The summed E-state index contributed by atoms with van der Waals surface area (Å²) >= 11 is 0. The largest absolute Gasteiger partial charge is 0.444 e. The van der Waals surface area contributed by atoms with Crippen molar-refractivity contribution >= 4 is 11.8 Å². The number of para-hydroxylation sites is 1. The molecule has 3 N–H and O–H groups in total. The van der Waals surface area contributed by atoms with Gasteiger partial charge in [-0.05, 0) is 49.4 Å². The molecule has 0 spiro atoms. The number of nitrogens with one attached hydrogen (secondary N) is 1. The first-order valence-electron chi connectivity index (χ1n) is 8.62. The van der Waals surface area contributed by atoms with Crippen LogP contribution in [0.3, 0.4) is 0 Å². The molecule has 1 atom stereocenters. The van der Waals surface area contributed by atoms with Gasteiger partial charge in [0, 0.05) is 5.69 Å². The number of carbonyl (C=O) groups is 1. The Balaban J connectivity index is 2.22. The lowest BCUT2D eigenvalue weighted by Gasteiger charge is -2.22. The maximum Gasteiger partial charge on any atom is 0.412 e. The first-order valence-corrected chi connectivity index (χ1v) is 8.62. The van der Waals surface area contributed by atoms with Crippen LogP contribution < -0.4 is 11.1 Å². The average Bonchev–Trinajstić information content (AvgIpc) is 2.53. The number of ether oxygens (including phenoxy) is 1. The van der Waals surface area contributed by atoms with E-state index in [2.05, 4.69) is 31.3 Å². The van der Waals surface area contributed by atoms with Crippen LogP contribution in [0.4, 0.5) is 10.5 Å². The molecule has 0 radical (unpaired) electrons. The molecule has 4 nitrogen and oxygen atoms in total. The Bertz CT molecular complexity index is 715. The molecule has 4 heteroatoms. The van der Waals surface area contributed by atoms with Crippen LogP contribution in [0.2, 0.25) is 0 Å². The van der Waals surface area contributed by atoms with Crippen LogP contribution in [-0.4, -0.2) is 11.7 Å². The third kappa shape index (κ3) is 5.33. The van der Waals surface area contributed by atoms with E-state index in [-0.39, 0.29) is 6.04 Å². The van der Waals surface area contributed by atoms with Gasteiger partial charge in [0.05, 0.1) is 6.04 Å². The second-order valence-corrected chi connectivity index (χ2v) is 7.51. The number of benzene rings is 2. The van der Waals surface area contributed by atoms with Crippen LogP contribution in [0, 0.1) is 0 Å². The number of amides is 1. The van der Waals surface area contributed by atoms with Crippen LogP contribution in [0.1, 0.15) is 63.3 Å². The lowest BCUT2D eigenvalue weighted by Crippen LogP contribution is -2.28. The highest BCUT2D eigenvalue weighted by Gasteiger charge is 2.19. The lowest BCUT2D eigenvalue weighted by molar-refractivity contribution is 0.0636. The number of rotatable bonds is 4. The van der Waals surface area contributed by atoms with E-state index in [0.717, 1.165) is 11.1 Å². The molecular weight excluding hydrogens is 312 g/mol. The molecule has 0 aliphatic rings. The molecule has 0 fully saturated rings. The highest BCUT2D eigenvalue weighted by Crippen LogP contribution is 2.28. The van der Waals surface area contributed by atoms with Crippen molar-refractivity contribution in [1.82, 2.24) is 0 Å². The van der Waals surface area contributed by atoms with E-state index in [1.165, 1.54) is 5.56 Å². The van der Waals surface area contributed by atoms with E-state index in [1.807, 2.05) is 57.2 Å². The van der Waals surface area contributed by atoms with Crippen LogP contribution in [0.15, 0.2) is 48.5 Å². The van der Waals surface area contributed by atoms with E-state index in [9.17, 15) is 4.79 Å². The smallest absolute Gasteiger partial charge is 0.412 e. The predicted octanol–water partition coefficient (Wildman–Crippen LogP) is 5.21. The van der Waals surface area contributed by atoms with E-state index < -0.39 is 11.7 Å². The van der Waals surface area contributed by atoms with Crippen LogP contribution in [0.5, 0.6) is 0 Å². The molecule has 0 aromatic heterocycles. The molecular formula is C21H28N2O2. The summed E-state index contributed by atoms with van der Waals surface area (Å²) in [5, 5.41) is 2.81. The summed E-state index contributed by atoms with van der Waals surface area (Å²) in [6.07, 6.45) is -0.484. The van der Waals surface area contributed by atoms with Gasteiger partial charge in [-0.3, -0.25) is 5.32 Å². The summed E-state index contributed by atoms with van der Waals surface area (Å²) in [5.41, 5.74) is 9.70. The SMILES string of the molecule is CC(C)c1ccc(C(N)c2ccccc2NC(=O)OC(C)(C)C)cc1. The molecule has 0 bridgehead atoms. The fourth-order valence-electron chi connectivity index (χ4n) is 2.56. The average molecular weight is 340 g/mol. The fourth-order valence-corrected chi connectivity index (χ4v) is 2.56. The molecule has 0 aliphatic carbocycles. The minimum absolute atomic E-state index is 0.327. The Labute approximate surface area is 150 Å². The second-order valence-electron chi connectivity index (χ2n) is 7.51. The third-order valence-electron chi connectivity index (χ3n) is 3.89. The monoisotopic (exact) mass is 340 g/mol. The summed E-state index contributed by atoms with van der Waals surface area (Å²) in [6, 6.07) is 15.5. The molecule has 25 heavy (non-hydrogen) atoms. The van der Waals surface area contributed by atoms with Gasteiger partial charge in [0.25, 0.3) is 0 Å². The second kappa shape index (κ2) is 7.70. The van der Waals surface area contributed by atoms with Gasteiger partial charge in [-0.1, -0.05) is 56.3 Å². The summed E-state index contributed by atoms with van der Waals surface area (Å²) in [7, 11) is 0. The van der Waals surface area contributed by atoms with E-state index in [1.54, 1.807) is 0 Å². The molecule has 1 amide bonds. The molecule has 0 heterocycles. The molecule has 1 unspecified atom stereocenters. The van der Waals surface area contributed by atoms with Crippen LogP contribution in [0.25, 0.3) is 0 Å². The Morgan fingerprint density at radius 1 is 1.00 bits per heavy atom. The van der Waals surface area contributed by atoms with Crippen molar-refractivity contribution in [2.45, 2.75) is 52.2 Å². The highest BCUT2D eigenvalue weighted by molar-refractivity contribution is 5.86. The van der Waals surface area contributed by atoms with Crippen molar-refractivity contribution < 1.29 is 9.53 Å². The molecule has 2 aromatic rings. The topological polar surface area (TPSA) is 64.3 Å². The van der Waals surface area contributed by atoms with Crippen molar-refractivity contribution in [1.29, 1.82) is 0 Å². The molecule has 0 saturated heterocycles. The zero-order valence-corrected chi connectivity index (χ0v) is 15.7. The minimum Gasteiger partial charge on any atom is -0.444 e. The summed E-state index contributed by atoms with van der Waals surface area (Å²) < 4.78 is 5.33. The molecule has 2 rings (SSSR count). The lowest BCUT2D eigenvalue weighted by atomic mass is 9.95. The number of carbonyl (C=O) groups excluding carboxylic acids is 1. The first-order chi connectivity index (χ1) is 11.7. The fraction of sp³-hybridized carbons (Fsp3) is 0.381. The zero-order valence-electron chi connectivity index (χ0n) is 15.7. The van der Waals surface area contributed by atoms with Crippen molar-refractivity contribution in [3.05, 3.63) is 65.2 Å². The van der Waals surface area contributed by atoms with Gasteiger partial charge in [-0.2, -0.15) is 0 Å². The quantitative estimate of drug-likeness (QED) is 0.803. The number of hydrogen-bond acceptors (Lipinski definition) is 3. The molecule has 134 valence electrons. The van der Waals surface area contributed by atoms with Gasteiger partial charge in [-0.15, -0.1) is 0 Å².